The highest BCUT2D eigenvalue weighted by molar-refractivity contribution is 5.61. The normalized spacial score (nSPS) is 10.7. The molecule has 9 nitrogen and oxygen atoms in total. The van der Waals surface area contributed by atoms with Crippen LogP contribution in [0.4, 0.5) is 0 Å². The van der Waals surface area contributed by atoms with Gasteiger partial charge in [-0.1, -0.05) is 10.3 Å². The van der Waals surface area contributed by atoms with Crippen molar-refractivity contribution in [2.75, 3.05) is 14.2 Å². The quantitative estimate of drug-likeness (QED) is 0.692. The molecule has 9 heteroatoms. The van der Waals surface area contributed by atoms with Crippen LogP contribution < -0.4 is 15.2 Å². The summed E-state index contributed by atoms with van der Waals surface area (Å²) in [6, 6.07) is 5.17. The highest BCUT2D eigenvalue weighted by atomic mass is 16.5. The van der Waals surface area contributed by atoms with Gasteiger partial charge in [0.25, 0.3) is 0 Å². The Kier molecular flexibility index (Phi) is 3.83. The number of hydrogen-bond donors (Lipinski definition) is 0. The Balaban J connectivity index is 2.02. The molecule has 0 N–H and O–H groups in total. The van der Waals surface area contributed by atoms with Gasteiger partial charge in [0.15, 0.2) is 23.1 Å². The number of benzene rings is 1. The molecule has 0 amide bonds. The lowest BCUT2D eigenvalue weighted by Crippen LogP contribution is -2.17. The van der Waals surface area contributed by atoms with E-state index in [9.17, 15) is 4.79 Å². The minimum atomic E-state index is -0.614. The van der Waals surface area contributed by atoms with Gasteiger partial charge in [-0.3, -0.25) is 4.52 Å². The average molecular weight is 318 g/mol. The highest BCUT2D eigenvalue weighted by Gasteiger charge is 2.17. The molecular weight excluding hydrogens is 304 g/mol. The minimum absolute atomic E-state index is 0.0867. The predicted molar refractivity (Wildman–Crippen MR) is 77.4 cm³/mol. The van der Waals surface area contributed by atoms with Crippen LogP contribution in [0, 0.1) is 6.92 Å². The molecule has 0 aliphatic carbocycles. The lowest BCUT2D eigenvalue weighted by Gasteiger charge is -2.09. The second kappa shape index (κ2) is 5.95. The topological polar surface area (TPSA) is 105 Å². The maximum absolute atomic E-state index is 11.9. The molecule has 0 bridgehead atoms. The van der Waals surface area contributed by atoms with Gasteiger partial charge >= 0.3 is 5.76 Å². The largest absolute Gasteiger partial charge is 0.493 e. The van der Waals surface area contributed by atoms with Gasteiger partial charge in [-0.2, -0.15) is 4.98 Å². The van der Waals surface area contributed by atoms with Gasteiger partial charge in [0.2, 0.25) is 5.89 Å². The van der Waals surface area contributed by atoms with Crippen LogP contribution >= 0.6 is 0 Å². The van der Waals surface area contributed by atoms with Crippen LogP contribution in [0.3, 0.4) is 0 Å². The molecule has 2 aromatic heterocycles. The zero-order valence-electron chi connectivity index (χ0n) is 12.8. The van der Waals surface area contributed by atoms with E-state index in [1.165, 1.54) is 11.7 Å². The van der Waals surface area contributed by atoms with Crippen LogP contribution in [0.2, 0.25) is 0 Å². The first-order valence-corrected chi connectivity index (χ1v) is 6.70. The molecule has 0 aliphatic rings. The Morgan fingerprint density at radius 2 is 1.91 bits per heavy atom. The molecule has 23 heavy (non-hydrogen) atoms. The lowest BCUT2D eigenvalue weighted by atomic mass is 10.2. The molecule has 0 saturated carbocycles. The van der Waals surface area contributed by atoms with Gasteiger partial charge < -0.3 is 14.0 Å². The van der Waals surface area contributed by atoms with Gasteiger partial charge in [0, 0.05) is 12.5 Å². The van der Waals surface area contributed by atoms with Crippen molar-refractivity contribution in [1.82, 2.24) is 19.9 Å². The number of methoxy groups -OCH3 is 2. The predicted octanol–water partition coefficient (Wildman–Crippen LogP) is 1.26. The summed E-state index contributed by atoms with van der Waals surface area (Å²) in [6.07, 6.45) is 0. The number of rotatable bonds is 5. The summed E-state index contributed by atoms with van der Waals surface area (Å²) in [5.74, 6) is 1.58. The zero-order chi connectivity index (χ0) is 16.4. The Labute approximate surface area is 130 Å². The minimum Gasteiger partial charge on any atom is -0.493 e. The first-order chi connectivity index (χ1) is 11.1. The van der Waals surface area contributed by atoms with Crippen molar-refractivity contribution in [1.29, 1.82) is 0 Å². The highest BCUT2D eigenvalue weighted by Crippen LogP contribution is 2.31. The first kappa shape index (κ1) is 14.8. The third-order valence-electron chi connectivity index (χ3n) is 3.20. The van der Waals surface area contributed by atoms with E-state index in [0.717, 1.165) is 0 Å². The number of nitrogens with zero attached hydrogens (tertiary/aromatic N) is 4. The molecule has 0 atom stereocenters. The molecule has 0 radical (unpaired) electrons. The Morgan fingerprint density at radius 3 is 2.57 bits per heavy atom. The zero-order valence-corrected chi connectivity index (χ0v) is 12.8. The lowest BCUT2D eigenvalue weighted by molar-refractivity contribution is 0.355. The van der Waals surface area contributed by atoms with Crippen LogP contribution in [-0.2, 0) is 6.54 Å². The monoisotopic (exact) mass is 318 g/mol. The van der Waals surface area contributed by atoms with Gasteiger partial charge in [0.05, 0.1) is 20.8 Å². The molecular formula is C14H14N4O5. The summed E-state index contributed by atoms with van der Waals surface area (Å²) in [5, 5.41) is 7.58. The van der Waals surface area contributed by atoms with E-state index in [0.29, 0.717) is 34.6 Å². The molecule has 3 rings (SSSR count). The number of hydrogen-bond acceptors (Lipinski definition) is 8. The van der Waals surface area contributed by atoms with Gasteiger partial charge in [-0.25, -0.2) is 9.36 Å². The number of ether oxygens (including phenoxy) is 2. The molecule has 3 aromatic rings. The number of aromatic nitrogens is 4. The molecule has 120 valence electrons. The molecule has 0 unspecified atom stereocenters. The Hall–Kier alpha value is -3.10. The van der Waals surface area contributed by atoms with Crippen LogP contribution in [0.15, 0.2) is 32.0 Å². The van der Waals surface area contributed by atoms with E-state index in [4.69, 9.17) is 18.5 Å². The van der Waals surface area contributed by atoms with Crippen molar-refractivity contribution in [3.8, 4) is 22.9 Å². The van der Waals surface area contributed by atoms with E-state index < -0.39 is 5.76 Å². The van der Waals surface area contributed by atoms with Crippen molar-refractivity contribution in [3.05, 3.63) is 40.5 Å². The fourth-order valence-electron chi connectivity index (χ4n) is 2.14. The summed E-state index contributed by atoms with van der Waals surface area (Å²) in [4.78, 5) is 16.0. The van der Waals surface area contributed by atoms with E-state index >= 15 is 0 Å². The summed E-state index contributed by atoms with van der Waals surface area (Å²) in [5.41, 5.74) is 0.633. The van der Waals surface area contributed by atoms with E-state index in [1.807, 2.05) is 0 Å². The maximum atomic E-state index is 11.9. The van der Waals surface area contributed by atoms with Gasteiger partial charge in [-0.15, -0.1) is 0 Å². The molecule has 0 aliphatic heterocycles. The van der Waals surface area contributed by atoms with E-state index in [-0.39, 0.29) is 6.54 Å². The fourth-order valence-corrected chi connectivity index (χ4v) is 2.14. The fraction of sp³-hybridized carbons (Fsp3) is 0.286. The SMILES string of the molecule is COc1ccc(-c2noc(=O)n2Cc2noc(C)n2)cc1OC. The summed E-state index contributed by atoms with van der Waals surface area (Å²) >= 11 is 0. The summed E-state index contributed by atoms with van der Waals surface area (Å²) in [7, 11) is 3.07. The molecule has 2 heterocycles. The third kappa shape index (κ3) is 2.80. The van der Waals surface area contributed by atoms with Crippen molar-refractivity contribution >= 4 is 0 Å². The standard InChI is InChI=1S/C14H14N4O5/c1-8-15-12(16-22-8)7-18-13(17-23-14(18)19)9-4-5-10(20-2)11(6-9)21-3/h4-6H,7H2,1-3H3. The van der Waals surface area contributed by atoms with Crippen molar-refractivity contribution in [2.24, 2.45) is 0 Å². The second-order valence-corrected chi connectivity index (χ2v) is 4.66. The van der Waals surface area contributed by atoms with Crippen LogP contribution in [-0.4, -0.2) is 34.1 Å². The first-order valence-electron chi connectivity index (χ1n) is 6.70. The average Bonchev–Trinajstić information content (AvgIpc) is 3.13. The van der Waals surface area contributed by atoms with Gasteiger partial charge in [0.1, 0.15) is 0 Å². The maximum Gasteiger partial charge on any atom is 0.442 e. The number of aryl methyl sites for hydroxylation is 1. The summed E-state index contributed by atoms with van der Waals surface area (Å²) in [6.45, 7) is 1.76. The van der Waals surface area contributed by atoms with Crippen molar-refractivity contribution < 1.29 is 18.5 Å². The van der Waals surface area contributed by atoms with Crippen molar-refractivity contribution in [2.45, 2.75) is 13.5 Å². The van der Waals surface area contributed by atoms with Gasteiger partial charge in [-0.05, 0) is 18.2 Å². The molecule has 0 fully saturated rings. The molecule has 0 saturated heterocycles. The Morgan fingerprint density at radius 1 is 1.13 bits per heavy atom. The van der Waals surface area contributed by atoms with Crippen molar-refractivity contribution in [3.63, 3.8) is 0 Å². The Bertz CT molecular complexity index is 879. The van der Waals surface area contributed by atoms with Crippen LogP contribution in [0.1, 0.15) is 11.7 Å². The summed E-state index contributed by atoms with van der Waals surface area (Å²) < 4.78 is 21.4. The van der Waals surface area contributed by atoms with Crippen LogP contribution in [0.25, 0.3) is 11.4 Å². The van der Waals surface area contributed by atoms with E-state index in [1.54, 1.807) is 32.2 Å². The smallest absolute Gasteiger partial charge is 0.442 e. The molecule has 1 aromatic carbocycles. The third-order valence-corrected chi connectivity index (χ3v) is 3.20. The van der Waals surface area contributed by atoms with E-state index in [2.05, 4.69) is 15.3 Å². The molecule has 0 spiro atoms. The van der Waals surface area contributed by atoms with Crippen LogP contribution in [0.5, 0.6) is 11.5 Å². The second-order valence-electron chi connectivity index (χ2n) is 4.66.